The normalized spacial score (nSPS) is 14.0. The zero-order valence-electron chi connectivity index (χ0n) is 47.7. The molecular weight excluding hydrogens is 972 g/mol. The number of para-hydroxylation sites is 4. The summed E-state index contributed by atoms with van der Waals surface area (Å²) in [7, 11) is 0. The molecule has 6 heteroatoms. The zero-order chi connectivity index (χ0) is 54.8. The third-order valence-corrected chi connectivity index (χ3v) is 17.4. The van der Waals surface area contributed by atoms with Crippen LogP contribution >= 0.6 is 0 Å². The summed E-state index contributed by atoms with van der Waals surface area (Å²) in [5.74, 6) is 0. The van der Waals surface area contributed by atoms with Gasteiger partial charge in [0.15, 0.2) is 0 Å². The molecule has 4 heterocycles. The van der Waals surface area contributed by atoms with Crippen LogP contribution in [0.1, 0.15) is 103 Å². The average Bonchev–Trinajstić information content (AvgIpc) is 4.11. The second-order valence-electron chi connectivity index (χ2n) is 25.6. The van der Waals surface area contributed by atoms with Gasteiger partial charge in [0.05, 0.1) is 11.4 Å². The highest BCUT2D eigenvalue weighted by molar-refractivity contribution is 7.00. The van der Waals surface area contributed by atoms with Crippen LogP contribution in [0, 0.1) is 0 Å². The predicted octanol–water partition coefficient (Wildman–Crippen LogP) is 18.4. The van der Waals surface area contributed by atoms with Crippen molar-refractivity contribution in [2.75, 3.05) is 14.7 Å². The van der Waals surface area contributed by atoms with E-state index >= 15 is 0 Å². The quantitative estimate of drug-likeness (QED) is 0.149. The number of anilines is 9. The van der Waals surface area contributed by atoms with Gasteiger partial charge in [0.25, 0.3) is 6.71 Å². The fourth-order valence-electron chi connectivity index (χ4n) is 13.4. The Bertz CT molecular complexity index is 4190. The van der Waals surface area contributed by atoms with Gasteiger partial charge in [-0.05, 0) is 178 Å². The van der Waals surface area contributed by atoms with Crippen LogP contribution in [0.5, 0.6) is 0 Å². The van der Waals surface area contributed by atoms with Crippen molar-refractivity contribution in [3.8, 4) is 16.8 Å². The molecule has 3 aliphatic rings. The summed E-state index contributed by atoms with van der Waals surface area (Å²) in [6.07, 6.45) is 4.42. The summed E-state index contributed by atoms with van der Waals surface area (Å²) in [6, 6.07) is 77.6. The fraction of sp³-hybridized carbons (Fsp3) is 0.216. The fourth-order valence-corrected chi connectivity index (χ4v) is 13.4. The lowest BCUT2D eigenvalue weighted by atomic mass is 9.34. The Labute approximate surface area is 472 Å². The predicted molar refractivity (Wildman–Crippen MR) is 340 cm³/mol. The Morgan fingerprint density at radius 3 is 1.70 bits per heavy atom. The van der Waals surface area contributed by atoms with Gasteiger partial charge in [0.1, 0.15) is 11.2 Å². The Morgan fingerprint density at radius 1 is 0.450 bits per heavy atom. The Kier molecular flexibility index (Phi) is 11.6. The minimum atomic E-state index is -0.154. The van der Waals surface area contributed by atoms with E-state index in [0.29, 0.717) is 0 Å². The lowest BCUT2D eigenvalue weighted by Crippen LogP contribution is -2.63. The standard InChI is InChI=1S/C74H69BN4O/c1-72(2,3)48-36-39-54(40-37-48)76(62-43-38-49(73(4,5)6)44-59(62)56-32-23-35-67-68(56)58-31-20-22-34-66(58)80-67)55-41-42-60-63(47-55)77(51-24-13-10-14-25-51)64-45-50(74(7,8)9)46-65-69(64)75(60)71-70(78(65)52-26-15-11-16-27-52)57-30-19-21-33-61(57)79(71)53-28-17-12-18-29-53/h10-18,20,22-29,31-32,34-47H,19,21,30,33H2,1-9H3. The summed E-state index contributed by atoms with van der Waals surface area (Å²) in [6.45, 7) is 20.9. The molecular formula is C74H69BN4O. The van der Waals surface area contributed by atoms with Gasteiger partial charge in [-0.15, -0.1) is 0 Å². The van der Waals surface area contributed by atoms with Crippen molar-refractivity contribution < 1.29 is 4.42 Å². The van der Waals surface area contributed by atoms with Crippen LogP contribution in [0.3, 0.4) is 0 Å². The maximum Gasteiger partial charge on any atom is 0.273 e. The van der Waals surface area contributed by atoms with Crippen LogP contribution in [0.25, 0.3) is 38.8 Å². The molecule has 0 N–H and O–H groups in total. The van der Waals surface area contributed by atoms with E-state index in [1.807, 2.05) is 0 Å². The summed E-state index contributed by atoms with van der Waals surface area (Å²) >= 11 is 0. The lowest BCUT2D eigenvalue weighted by Gasteiger charge is -2.45. The Hall–Kier alpha value is -8.48. The highest BCUT2D eigenvalue weighted by Gasteiger charge is 2.48. The summed E-state index contributed by atoms with van der Waals surface area (Å²) < 4.78 is 9.32. The number of aromatic nitrogens is 1. The van der Waals surface area contributed by atoms with Crippen molar-refractivity contribution >= 4 is 96.4 Å². The third-order valence-electron chi connectivity index (χ3n) is 17.4. The van der Waals surface area contributed by atoms with Gasteiger partial charge in [-0.1, -0.05) is 172 Å². The van der Waals surface area contributed by atoms with Crippen molar-refractivity contribution in [2.45, 2.75) is 104 Å². The molecule has 2 aromatic heterocycles. The number of furan rings is 1. The molecule has 0 unspecified atom stereocenters. The second kappa shape index (κ2) is 18.6. The number of hydrogen-bond acceptors (Lipinski definition) is 4. The SMILES string of the molecule is CC(C)(C)c1ccc(N(c2ccc3c(c2)N(c2ccccc2)c2cc(C(C)(C)C)cc4c2B3c2c(c3c(n2-c2ccccc2)CCCC3)N4c2ccccc2)c2ccc(C(C)(C)C)cc2-c2cccc3oc4ccccc4c23)cc1. The topological polar surface area (TPSA) is 27.8 Å². The van der Waals surface area contributed by atoms with Crippen LogP contribution in [0.4, 0.5) is 51.2 Å². The molecule has 0 amide bonds. The number of nitrogens with zero attached hydrogens (tertiary/aromatic N) is 4. The van der Waals surface area contributed by atoms with Crippen LogP contribution in [0.2, 0.25) is 0 Å². The van der Waals surface area contributed by atoms with Gasteiger partial charge in [0, 0.05) is 73.1 Å². The van der Waals surface area contributed by atoms with Crippen molar-refractivity contribution in [2.24, 2.45) is 0 Å². The maximum atomic E-state index is 6.63. The zero-order valence-corrected chi connectivity index (χ0v) is 47.7. The molecule has 14 rings (SSSR count). The van der Waals surface area contributed by atoms with Crippen LogP contribution in [0.15, 0.2) is 211 Å². The number of rotatable bonds is 7. The average molecular weight is 1040 g/mol. The van der Waals surface area contributed by atoms with Crippen LogP contribution in [-0.4, -0.2) is 11.3 Å². The molecule has 0 bridgehead atoms. The molecule has 394 valence electrons. The van der Waals surface area contributed by atoms with Crippen LogP contribution in [-0.2, 0) is 29.1 Å². The van der Waals surface area contributed by atoms with E-state index in [1.165, 1.54) is 91.4 Å². The van der Waals surface area contributed by atoms with Gasteiger partial charge < -0.3 is 23.7 Å². The molecule has 2 aliphatic heterocycles. The number of fused-ring (bicyclic) bond motifs is 9. The molecule has 80 heavy (non-hydrogen) atoms. The molecule has 11 aromatic rings. The maximum absolute atomic E-state index is 6.63. The van der Waals surface area contributed by atoms with E-state index in [0.717, 1.165) is 68.7 Å². The smallest absolute Gasteiger partial charge is 0.273 e. The molecule has 0 saturated carbocycles. The Balaban J connectivity index is 1.09. The van der Waals surface area contributed by atoms with Gasteiger partial charge >= 0.3 is 0 Å². The van der Waals surface area contributed by atoms with E-state index in [2.05, 4.69) is 288 Å². The van der Waals surface area contributed by atoms with Crippen molar-refractivity contribution in [1.82, 2.24) is 4.57 Å². The molecule has 0 atom stereocenters. The van der Waals surface area contributed by atoms with Crippen LogP contribution < -0.4 is 31.2 Å². The Morgan fingerprint density at radius 2 is 1.02 bits per heavy atom. The first-order valence-corrected chi connectivity index (χ1v) is 28.9. The van der Waals surface area contributed by atoms with Gasteiger partial charge in [-0.2, -0.15) is 0 Å². The molecule has 0 fully saturated rings. The van der Waals surface area contributed by atoms with Gasteiger partial charge in [0.2, 0.25) is 0 Å². The molecule has 5 nitrogen and oxygen atoms in total. The first-order valence-electron chi connectivity index (χ1n) is 28.9. The van der Waals surface area contributed by atoms with E-state index < -0.39 is 0 Å². The summed E-state index contributed by atoms with van der Waals surface area (Å²) in [5.41, 5.74) is 26.4. The largest absolute Gasteiger partial charge is 0.456 e. The van der Waals surface area contributed by atoms with E-state index in [1.54, 1.807) is 0 Å². The summed E-state index contributed by atoms with van der Waals surface area (Å²) in [5, 5.41) is 2.24. The molecule has 0 spiro atoms. The van der Waals surface area contributed by atoms with E-state index in [4.69, 9.17) is 4.42 Å². The van der Waals surface area contributed by atoms with Gasteiger partial charge in [-0.25, -0.2) is 0 Å². The third kappa shape index (κ3) is 8.04. The summed E-state index contributed by atoms with van der Waals surface area (Å²) in [4.78, 5) is 7.78. The minimum absolute atomic E-state index is 0.0212. The van der Waals surface area contributed by atoms with E-state index in [9.17, 15) is 0 Å². The highest BCUT2D eigenvalue weighted by atomic mass is 16.3. The first kappa shape index (κ1) is 49.8. The number of hydrogen-bond donors (Lipinski definition) is 0. The first-order chi connectivity index (χ1) is 38.6. The van der Waals surface area contributed by atoms with Crippen molar-refractivity contribution in [3.05, 3.63) is 234 Å². The van der Waals surface area contributed by atoms with Crippen molar-refractivity contribution in [1.29, 1.82) is 0 Å². The molecule has 0 saturated heterocycles. The van der Waals surface area contributed by atoms with Gasteiger partial charge in [-0.3, -0.25) is 0 Å². The monoisotopic (exact) mass is 1040 g/mol. The van der Waals surface area contributed by atoms with Crippen molar-refractivity contribution in [3.63, 3.8) is 0 Å². The highest BCUT2D eigenvalue weighted by Crippen LogP contribution is 2.52. The second-order valence-corrected chi connectivity index (χ2v) is 25.6. The molecule has 0 radical (unpaired) electrons. The van der Waals surface area contributed by atoms with E-state index in [-0.39, 0.29) is 23.0 Å². The molecule has 9 aromatic carbocycles. The molecule has 1 aliphatic carbocycles. The number of benzene rings is 9. The lowest BCUT2D eigenvalue weighted by molar-refractivity contribution is 0.590. The minimum Gasteiger partial charge on any atom is -0.456 e.